The van der Waals surface area contributed by atoms with Crippen LogP contribution in [0.15, 0.2) is 0 Å². The molecule has 0 N–H and O–H groups in total. The minimum absolute atomic E-state index is 0.835. The average Bonchev–Trinajstić information content (AvgIpc) is 2.50. The van der Waals surface area contributed by atoms with Gasteiger partial charge in [-0.3, -0.25) is 0 Å². The highest BCUT2D eigenvalue weighted by atomic mass is 14.1. The summed E-state index contributed by atoms with van der Waals surface area (Å²) in [4.78, 5) is 0. The van der Waals surface area contributed by atoms with Gasteiger partial charge < -0.3 is 0 Å². The van der Waals surface area contributed by atoms with Crippen molar-refractivity contribution in [2.75, 3.05) is 0 Å². The van der Waals surface area contributed by atoms with Gasteiger partial charge in [0.05, 0.1) is 0 Å². The topological polar surface area (TPSA) is 0 Å². The average molecular weight is 310 g/mol. The highest BCUT2D eigenvalue weighted by Gasteiger charge is 2.06. The number of hydrogen-bond donors (Lipinski definition) is 0. The lowest BCUT2D eigenvalue weighted by Gasteiger charge is -2.14. The number of unbranched alkanes of at least 4 members (excludes halogenated alkanes) is 14. The van der Waals surface area contributed by atoms with Gasteiger partial charge in [0.15, 0.2) is 0 Å². The third-order valence-corrected chi connectivity index (χ3v) is 5.23. The molecule has 0 heteroatoms. The lowest BCUT2D eigenvalue weighted by molar-refractivity contribution is 0.489. The molecule has 0 aromatic heterocycles. The Hall–Kier alpha value is 0. The van der Waals surface area contributed by atoms with Crippen molar-refractivity contribution in [3.8, 4) is 0 Å². The normalized spacial score (nSPS) is 13.0. The summed E-state index contributed by atoms with van der Waals surface area (Å²) in [6.45, 7) is 9.22. The summed E-state index contributed by atoms with van der Waals surface area (Å²) in [7, 11) is 0. The van der Waals surface area contributed by atoms with Crippen LogP contribution in [0.4, 0.5) is 0 Å². The van der Waals surface area contributed by atoms with Crippen LogP contribution < -0.4 is 0 Å². The lowest BCUT2D eigenvalue weighted by Crippen LogP contribution is -2.01. The first-order valence-corrected chi connectivity index (χ1v) is 10.5. The van der Waals surface area contributed by atoms with E-state index in [1.54, 1.807) is 5.92 Å². The molecule has 1 atom stereocenters. The molecule has 0 nitrogen and oxygen atoms in total. The van der Waals surface area contributed by atoms with Crippen LogP contribution in [0.1, 0.15) is 130 Å². The molecular weight excluding hydrogens is 264 g/mol. The van der Waals surface area contributed by atoms with E-state index in [1.807, 2.05) is 0 Å². The third kappa shape index (κ3) is 16.4. The molecule has 22 heavy (non-hydrogen) atoms. The van der Waals surface area contributed by atoms with Gasteiger partial charge >= 0.3 is 0 Å². The molecule has 0 heterocycles. The maximum atomic E-state index is 2.37. The summed E-state index contributed by atoms with van der Waals surface area (Å²) in [5, 5.41) is 0. The molecule has 0 fully saturated rings. The van der Waals surface area contributed by atoms with Crippen molar-refractivity contribution in [3.05, 3.63) is 5.92 Å². The number of rotatable bonds is 17. The molecule has 1 unspecified atom stereocenters. The predicted molar refractivity (Wildman–Crippen MR) is 103 cm³/mol. The van der Waals surface area contributed by atoms with Crippen molar-refractivity contribution in [2.45, 2.75) is 130 Å². The van der Waals surface area contributed by atoms with Gasteiger partial charge in [0.2, 0.25) is 0 Å². The van der Waals surface area contributed by atoms with E-state index in [2.05, 4.69) is 27.7 Å². The summed E-state index contributed by atoms with van der Waals surface area (Å²) < 4.78 is 0. The molecule has 133 valence electrons. The highest BCUT2D eigenvalue weighted by molar-refractivity contribution is 4.83. The Morgan fingerprint density at radius 1 is 0.545 bits per heavy atom. The Bertz CT molecular complexity index is 194. The van der Waals surface area contributed by atoms with Crippen molar-refractivity contribution in [3.63, 3.8) is 0 Å². The Morgan fingerprint density at radius 3 is 1.18 bits per heavy atom. The fourth-order valence-corrected chi connectivity index (χ4v) is 3.11. The molecule has 0 rings (SSSR count). The maximum absolute atomic E-state index is 2.37. The van der Waals surface area contributed by atoms with Gasteiger partial charge in [-0.25, -0.2) is 0 Å². The molecule has 0 spiro atoms. The van der Waals surface area contributed by atoms with Crippen LogP contribution in [-0.2, 0) is 0 Å². The van der Waals surface area contributed by atoms with Crippen LogP contribution in [0.5, 0.6) is 0 Å². The first-order chi connectivity index (χ1) is 10.7. The Balaban J connectivity index is 3.03. The second kappa shape index (κ2) is 17.4. The molecule has 0 bridgehead atoms. The fraction of sp³-hybridized carbons (Fsp3) is 0.955. The van der Waals surface area contributed by atoms with Gasteiger partial charge in [-0.05, 0) is 11.8 Å². The summed E-state index contributed by atoms with van der Waals surface area (Å²) in [6.07, 6.45) is 23.3. The van der Waals surface area contributed by atoms with E-state index in [-0.39, 0.29) is 0 Å². The summed E-state index contributed by atoms with van der Waals surface area (Å²) >= 11 is 0. The minimum Gasteiger partial charge on any atom is -0.0654 e. The molecule has 0 amide bonds. The van der Waals surface area contributed by atoms with E-state index in [0.29, 0.717) is 0 Å². The van der Waals surface area contributed by atoms with Crippen LogP contribution in [-0.4, -0.2) is 0 Å². The van der Waals surface area contributed by atoms with E-state index in [4.69, 9.17) is 0 Å². The van der Waals surface area contributed by atoms with Crippen LogP contribution in [0.25, 0.3) is 0 Å². The van der Waals surface area contributed by atoms with Gasteiger partial charge in [-0.2, -0.15) is 0 Å². The van der Waals surface area contributed by atoms with Crippen molar-refractivity contribution < 1.29 is 0 Å². The molecule has 0 aromatic carbocycles. The lowest BCUT2D eigenvalue weighted by atomic mass is 9.92. The Kier molecular flexibility index (Phi) is 17.4. The van der Waals surface area contributed by atoms with E-state index < -0.39 is 0 Å². The second-order valence-corrected chi connectivity index (χ2v) is 7.72. The highest BCUT2D eigenvalue weighted by Crippen LogP contribution is 2.20. The monoisotopic (exact) mass is 309 g/mol. The van der Waals surface area contributed by atoms with E-state index in [9.17, 15) is 0 Å². The van der Waals surface area contributed by atoms with Gasteiger partial charge in [-0.1, -0.05) is 130 Å². The van der Waals surface area contributed by atoms with Crippen LogP contribution in [0.2, 0.25) is 0 Å². The zero-order valence-electron chi connectivity index (χ0n) is 16.4. The van der Waals surface area contributed by atoms with Crippen molar-refractivity contribution in [1.82, 2.24) is 0 Å². The summed E-state index contributed by atoms with van der Waals surface area (Å²) in [5.74, 6) is 2.44. The molecule has 0 aromatic rings. The first kappa shape index (κ1) is 22.0. The van der Waals surface area contributed by atoms with E-state index in [1.165, 1.54) is 103 Å². The van der Waals surface area contributed by atoms with E-state index >= 15 is 0 Å². The van der Waals surface area contributed by atoms with Crippen LogP contribution in [0, 0.1) is 11.8 Å². The first-order valence-electron chi connectivity index (χ1n) is 10.5. The van der Waals surface area contributed by atoms with Gasteiger partial charge in [0.1, 0.15) is 0 Å². The molecule has 1 radical (unpaired) electrons. The summed E-state index contributed by atoms with van der Waals surface area (Å²) in [5.41, 5.74) is 0. The summed E-state index contributed by atoms with van der Waals surface area (Å²) in [6, 6.07) is 0. The Morgan fingerprint density at radius 2 is 0.864 bits per heavy atom. The molecule has 0 aliphatic heterocycles. The van der Waals surface area contributed by atoms with Gasteiger partial charge in [-0.15, -0.1) is 0 Å². The minimum atomic E-state index is 0.835. The zero-order chi connectivity index (χ0) is 16.5. The third-order valence-electron chi connectivity index (χ3n) is 5.23. The van der Waals surface area contributed by atoms with Gasteiger partial charge in [0.25, 0.3) is 0 Å². The van der Waals surface area contributed by atoms with Crippen molar-refractivity contribution >= 4 is 0 Å². The zero-order valence-corrected chi connectivity index (χ0v) is 16.4. The standard InChI is InChI=1S/C22H45/c1-5-6-7-8-9-10-11-12-13-14-15-16-17-18-19-20-22(4)21(2)3/h22H,5-20H2,1-4H3. The van der Waals surface area contributed by atoms with Crippen molar-refractivity contribution in [1.29, 1.82) is 0 Å². The molecule has 0 aliphatic carbocycles. The maximum Gasteiger partial charge on any atom is -0.0275 e. The van der Waals surface area contributed by atoms with E-state index in [0.717, 1.165) is 5.92 Å². The number of hydrogen-bond acceptors (Lipinski definition) is 0. The van der Waals surface area contributed by atoms with Crippen LogP contribution >= 0.6 is 0 Å². The SMILES string of the molecule is CCCCCCCCCCCCCCCCCC(C)[C](C)C. The largest absolute Gasteiger partial charge is 0.0654 e. The fourth-order valence-electron chi connectivity index (χ4n) is 3.11. The quantitative estimate of drug-likeness (QED) is 0.236. The van der Waals surface area contributed by atoms with Gasteiger partial charge in [0, 0.05) is 0 Å². The Labute approximate surface area is 142 Å². The molecule has 0 aliphatic rings. The molecular formula is C22H45. The second-order valence-electron chi connectivity index (χ2n) is 7.72. The molecule has 0 saturated carbocycles. The smallest absolute Gasteiger partial charge is 0.0275 e. The van der Waals surface area contributed by atoms with Crippen molar-refractivity contribution in [2.24, 2.45) is 5.92 Å². The van der Waals surface area contributed by atoms with Crippen LogP contribution in [0.3, 0.4) is 0 Å². The molecule has 0 saturated heterocycles. The predicted octanol–water partition coefficient (Wildman–Crippen LogP) is 8.50.